The lowest BCUT2D eigenvalue weighted by Crippen LogP contribution is -2.49. The summed E-state index contributed by atoms with van der Waals surface area (Å²) in [6.07, 6.45) is 0.324. The van der Waals surface area contributed by atoms with Crippen LogP contribution in [0.15, 0.2) is 18.2 Å². The molecule has 0 spiro atoms. The summed E-state index contributed by atoms with van der Waals surface area (Å²) in [7, 11) is 3.10. The largest absolute Gasteiger partial charge is 0.497 e. The van der Waals surface area contributed by atoms with Gasteiger partial charge in [-0.05, 0) is 12.1 Å². The van der Waals surface area contributed by atoms with Crippen molar-refractivity contribution in [3.05, 3.63) is 23.8 Å². The molecule has 0 bridgehead atoms. The van der Waals surface area contributed by atoms with Crippen LogP contribution in [0, 0.1) is 0 Å². The van der Waals surface area contributed by atoms with Gasteiger partial charge in [-0.2, -0.15) is 0 Å². The molecule has 2 rings (SSSR count). The van der Waals surface area contributed by atoms with Crippen LogP contribution >= 0.6 is 0 Å². The molecule has 1 aliphatic rings. The summed E-state index contributed by atoms with van der Waals surface area (Å²) >= 11 is 0. The molecule has 1 aliphatic heterocycles. The van der Waals surface area contributed by atoms with Crippen molar-refractivity contribution in [3.8, 4) is 11.5 Å². The number of hydrogen-bond donors (Lipinski definition) is 1. The van der Waals surface area contributed by atoms with Gasteiger partial charge >= 0.3 is 6.03 Å². The summed E-state index contributed by atoms with van der Waals surface area (Å²) in [6, 6.07) is 4.91. The Kier molecular flexibility index (Phi) is 3.89. The highest BCUT2D eigenvalue weighted by molar-refractivity contribution is 5.96. The molecule has 1 N–H and O–H groups in total. The van der Waals surface area contributed by atoms with E-state index in [-0.39, 0.29) is 18.5 Å². The van der Waals surface area contributed by atoms with Gasteiger partial charge in [0.15, 0.2) is 0 Å². The quantitative estimate of drug-likeness (QED) is 0.885. The molecule has 1 aromatic rings. The Morgan fingerprint density at radius 2 is 2.05 bits per heavy atom. The molecule has 1 aromatic carbocycles. The Labute approximate surface area is 111 Å². The van der Waals surface area contributed by atoms with Gasteiger partial charge in [-0.15, -0.1) is 0 Å². The van der Waals surface area contributed by atoms with Crippen molar-refractivity contribution in [2.24, 2.45) is 0 Å². The van der Waals surface area contributed by atoms with E-state index < -0.39 is 0 Å². The normalized spacial score (nSPS) is 15.2. The first-order valence-electron chi connectivity index (χ1n) is 5.95. The molecule has 102 valence electrons. The maximum Gasteiger partial charge on any atom is 0.324 e. The van der Waals surface area contributed by atoms with Gasteiger partial charge in [0.25, 0.3) is 0 Å². The van der Waals surface area contributed by atoms with Gasteiger partial charge in [0.05, 0.1) is 20.8 Å². The number of carbonyl (C=O) groups excluding carboxylic acids is 2. The number of ether oxygens (including phenoxy) is 2. The zero-order valence-electron chi connectivity index (χ0n) is 10.9. The molecule has 0 unspecified atom stereocenters. The number of imide groups is 1. The van der Waals surface area contributed by atoms with Gasteiger partial charge < -0.3 is 14.8 Å². The Bertz CT molecular complexity index is 485. The molecule has 0 aromatic heterocycles. The van der Waals surface area contributed by atoms with Crippen molar-refractivity contribution in [2.45, 2.75) is 13.0 Å². The standard InChI is InChI=1S/C13H16N2O4/c1-18-10-4-3-9(11(7-10)19-2)8-15-12(16)5-6-14-13(15)17/h3-4,7H,5-6,8H2,1-2H3,(H,14,17). The summed E-state index contributed by atoms with van der Waals surface area (Å²) < 4.78 is 10.4. The molecule has 1 heterocycles. The predicted octanol–water partition coefficient (Wildman–Crippen LogP) is 1.15. The monoisotopic (exact) mass is 264 g/mol. The number of carbonyl (C=O) groups is 2. The van der Waals surface area contributed by atoms with Gasteiger partial charge in [-0.25, -0.2) is 4.79 Å². The molecule has 0 aliphatic carbocycles. The molecule has 3 amide bonds. The number of nitrogens with zero attached hydrogens (tertiary/aromatic N) is 1. The van der Waals surface area contributed by atoms with Crippen molar-refractivity contribution < 1.29 is 19.1 Å². The second-order valence-electron chi connectivity index (χ2n) is 4.14. The maximum atomic E-state index is 11.7. The number of rotatable bonds is 4. The SMILES string of the molecule is COc1ccc(CN2C(=O)CCNC2=O)c(OC)c1. The molecular weight excluding hydrogens is 248 g/mol. The topological polar surface area (TPSA) is 67.9 Å². The van der Waals surface area contributed by atoms with Gasteiger partial charge in [-0.1, -0.05) is 0 Å². The van der Waals surface area contributed by atoms with E-state index in [1.54, 1.807) is 25.3 Å². The summed E-state index contributed by atoms with van der Waals surface area (Å²) in [4.78, 5) is 24.6. The molecule has 6 heteroatoms. The Morgan fingerprint density at radius 1 is 1.26 bits per heavy atom. The summed E-state index contributed by atoms with van der Waals surface area (Å²) in [5.74, 6) is 1.07. The van der Waals surface area contributed by atoms with Crippen LogP contribution in [0.3, 0.4) is 0 Å². The van der Waals surface area contributed by atoms with Crippen LogP contribution in [0.5, 0.6) is 11.5 Å². The lowest BCUT2D eigenvalue weighted by Gasteiger charge is -2.26. The van der Waals surface area contributed by atoms with Crippen LogP contribution in [-0.4, -0.2) is 37.6 Å². The first-order valence-corrected chi connectivity index (χ1v) is 5.95. The van der Waals surface area contributed by atoms with E-state index in [9.17, 15) is 9.59 Å². The predicted molar refractivity (Wildman–Crippen MR) is 68.1 cm³/mol. The average molecular weight is 264 g/mol. The fraction of sp³-hybridized carbons (Fsp3) is 0.385. The molecular formula is C13H16N2O4. The summed E-state index contributed by atoms with van der Waals surface area (Å²) in [5.41, 5.74) is 0.758. The van der Waals surface area contributed by atoms with Crippen molar-refractivity contribution >= 4 is 11.9 Å². The van der Waals surface area contributed by atoms with E-state index in [1.165, 1.54) is 12.0 Å². The number of hydrogen-bond acceptors (Lipinski definition) is 4. The van der Waals surface area contributed by atoms with E-state index >= 15 is 0 Å². The van der Waals surface area contributed by atoms with E-state index in [0.29, 0.717) is 24.5 Å². The van der Waals surface area contributed by atoms with E-state index in [1.807, 2.05) is 0 Å². The fourth-order valence-corrected chi connectivity index (χ4v) is 1.93. The van der Waals surface area contributed by atoms with Gasteiger partial charge in [0.2, 0.25) is 5.91 Å². The minimum absolute atomic E-state index is 0.179. The zero-order chi connectivity index (χ0) is 13.8. The van der Waals surface area contributed by atoms with Crippen LogP contribution in [0.4, 0.5) is 4.79 Å². The molecule has 0 atom stereocenters. The minimum Gasteiger partial charge on any atom is -0.497 e. The van der Waals surface area contributed by atoms with Gasteiger partial charge in [0, 0.05) is 24.6 Å². The first-order chi connectivity index (χ1) is 9.15. The molecule has 0 saturated carbocycles. The van der Waals surface area contributed by atoms with E-state index in [4.69, 9.17) is 9.47 Å². The average Bonchev–Trinajstić information content (AvgIpc) is 2.43. The smallest absolute Gasteiger partial charge is 0.324 e. The Balaban J connectivity index is 2.22. The lowest BCUT2D eigenvalue weighted by atomic mass is 10.1. The number of amides is 3. The Morgan fingerprint density at radius 3 is 2.68 bits per heavy atom. The van der Waals surface area contributed by atoms with E-state index in [0.717, 1.165) is 5.56 Å². The second-order valence-corrected chi connectivity index (χ2v) is 4.14. The van der Waals surface area contributed by atoms with Crippen molar-refractivity contribution in [2.75, 3.05) is 20.8 Å². The second kappa shape index (κ2) is 5.60. The summed E-state index contributed by atoms with van der Waals surface area (Å²) in [5, 5.41) is 2.64. The van der Waals surface area contributed by atoms with Crippen molar-refractivity contribution in [3.63, 3.8) is 0 Å². The highest BCUT2D eigenvalue weighted by Gasteiger charge is 2.26. The maximum absolute atomic E-state index is 11.7. The zero-order valence-corrected chi connectivity index (χ0v) is 10.9. The van der Waals surface area contributed by atoms with Crippen molar-refractivity contribution in [1.29, 1.82) is 0 Å². The third-order valence-corrected chi connectivity index (χ3v) is 2.98. The van der Waals surface area contributed by atoms with Crippen LogP contribution in [0.25, 0.3) is 0 Å². The third-order valence-electron chi connectivity index (χ3n) is 2.98. The van der Waals surface area contributed by atoms with E-state index in [2.05, 4.69) is 5.32 Å². The van der Waals surface area contributed by atoms with Crippen molar-refractivity contribution in [1.82, 2.24) is 10.2 Å². The third kappa shape index (κ3) is 2.78. The van der Waals surface area contributed by atoms with Gasteiger partial charge in [0.1, 0.15) is 11.5 Å². The molecule has 0 radical (unpaired) electrons. The van der Waals surface area contributed by atoms with Gasteiger partial charge in [-0.3, -0.25) is 9.69 Å². The highest BCUT2D eigenvalue weighted by Crippen LogP contribution is 2.26. The lowest BCUT2D eigenvalue weighted by molar-refractivity contribution is -0.129. The molecule has 6 nitrogen and oxygen atoms in total. The van der Waals surface area contributed by atoms with Crippen LogP contribution in [-0.2, 0) is 11.3 Å². The van der Waals surface area contributed by atoms with Crippen LogP contribution < -0.4 is 14.8 Å². The van der Waals surface area contributed by atoms with Crippen LogP contribution in [0.1, 0.15) is 12.0 Å². The number of urea groups is 1. The summed E-state index contributed by atoms with van der Waals surface area (Å²) in [6.45, 7) is 0.589. The Hall–Kier alpha value is -2.24. The number of methoxy groups -OCH3 is 2. The molecule has 1 fully saturated rings. The molecule has 19 heavy (non-hydrogen) atoms. The van der Waals surface area contributed by atoms with Crippen LogP contribution in [0.2, 0.25) is 0 Å². The fourth-order valence-electron chi connectivity index (χ4n) is 1.93. The number of nitrogens with one attached hydrogen (secondary N) is 1. The first kappa shape index (κ1) is 13.2. The highest BCUT2D eigenvalue weighted by atomic mass is 16.5. The molecule has 1 saturated heterocycles. The minimum atomic E-state index is -0.367. The number of benzene rings is 1.